The largest absolute Gasteiger partial charge is 0.507 e. The average Bonchev–Trinajstić information content (AvgIpc) is 2.90. The average molecular weight is 487 g/mol. The molecule has 2 amide bonds. The number of carbonyl (C=O) groups is 2. The van der Waals surface area contributed by atoms with Crippen LogP contribution in [0.2, 0.25) is 0 Å². The summed E-state index contributed by atoms with van der Waals surface area (Å²) in [5.41, 5.74) is 6.26. The summed E-state index contributed by atoms with van der Waals surface area (Å²) in [7, 11) is 0. The lowest BCUT2D eigenvalue weighted by Gasteiger charge is -2.08. The van der Waals surface area contributed by atoms with Crippen LogP contribution in [0.15, 0.2) is 95.7 Å². The van der Waals surface area contributed by atoms with E-state index in [2.05, 4.69) is 27.6 Å². The maximum Gasteiger partial charge on any atom is 0.277 e. The Morgan fingerprint density at radius 2 is 1.36 bits per heavy atom. The van der Waals surface area contributed by atoms with Gasteiger partial charge in [-0.15, -0.1) is 6.58 Å². The SMILES string of the molecule is C=CCc1cc(C=NNC(=O)COc2ccccc2)cc(C=NNC(=O)COc2ccccc2)c1O. The van der Waals surface area contributed by atoms with E-state index in [1.54, 1.807) is 54.6 Å². The number of hydrazone groups is 2. The van der Waals surface area contributed by atoms with Gasteiger partial charge in [-0.3, -0.25) is 9.59 Å². The van der Waals surface area contributed by atoms with Crippen LogP contribution >= 0.6 is 0 Å². The second kappa shape index (κ2) is 13.7. The number of amides is 2. The number of nitrogens with zero attached hydrogens (tertiary/aromatic N) is 2. The molecule has 0 aliphatic rings. The highest BCUT2D eigenvalue weighted by molar-refractivity contribution is 5.91. The van der Waals surface area contributed by atoms with Gasteiger partial charge in [0.05, 0.1) is 12.4 Å². The third kappa shape index (κ3) is 8.45. The molecule has 0 saturated heterocycles. The first-order valence-corrected chi connectivity index (χ1v) is 11.0. The fourth-order valence-electron chi connectivity index (χ4n) is 2.98. The van der Waals surface area contributed by atoms with Crippen LogP contribution in [0.4, 0.5) is 0 Å². The number of aromatic hydroxyl groups is 1. The summed E-state index contributed by atoms with van der Waals surface area (Å²) in [5, 5.41) is 18.4. The number of phenols is 1. The lowest BCUT2D eigenvalue weighted by molar-refractivity contribution is -0.123. The maximum absolute atomic E-state index is 12.0. The van der Waals surface area contributed by atoms with Gasteiger partial charge in [-0.1, -0.05) is 42.5 Å². The fourth-order valence-corrected chi connectivity index (χ4v) is 2.98. The molecule has 0 aromatic heterocycles. The van der Waals surface area contributed by atoms with Crippen LogP contribution in [0.5, 0.6) is 17.2 Å². The Morgan fingerprint density at radius 3 is 1.89 bits per heavy atom. The molecule has 0 spiro atoms. The van der Waals surface area contributed by atoms with Crippen LogP contribution in [0, 0.1) is 0 Å². The van der Waals surface area contributed by atoms with Crippen molar-refractivity contribution >= 4 is 24.2 Å². The van der Waals surface area contributed by atoms with Crippen molar-refractivity contribution in [2.75, 3.05) is 13.2 Å². The molecule has 0 heterocycles. The summed E-state index contributed by atoms with van der Waals surface area (Å²) in [6.45, 7) is 3.29. The Bertz CT molecular complexity index is 1230. The van der Waals surface area contributed by atoms with Crippen LogP contribution in [0.25, 0.3) is 0 Å². The molecule has 0 fully saturated rings. The van der Waals surface area contributed by atoms with Gasteiger partial charge in [0.1, 0.15) is 17.2 Å². The third-order valence-electron chi connectivity index (χ3n) is 4.63. The van der Waals surface area contributed by atoms with E-state index in [0.29, 0.717) is 34.6 Å². The molecule has 0 bridgehead atoms. The Kier molecular flexibility index (Phi) is 9.78. The van der Waals surface area contributed by atoms with Crippen molar-refractivity contribution in [1.82, 2.24) is 10.9 Å². The minimum absolute atomic E-state index is 0.00844. The lowest BCUT2D eigenvalue weighted by Crippen LogP contribution is -2.24. The quantitative estimate of drug-likeness (QED) is 0.206. The predicted octanol–water partition coefficient (Wildman–Crippen LogP) is 3.18. The molecule has 184 valence electrons. The molecule has 0 atom stereocenters. The van der Waals surface area contributed by atoms with Crippen molar-refractivity contribution in [1.29, 1.82) is 0 Å². The van der Waals surface area contributed by atoms with Gasteiger partial charge in [0, 0.05) is 5.56 Å². The van der Waals surface area contributed by atoms with Gasteiger partial charge in [0.15, 0.2) is 13.2 Å². The Balaban J connectivity index is 1.58. The van der Waals surface area contributed by atoms with Gasteiger partial charge < -0.3 is 14.6 Å². The monoisotopic (exact) mass is 486 g/mol. The van der Waals surface area contributed by atoms with Crippen molar-refractivity contribution in [2.45, 2.75) is 6.42 Å². The van der Waals surface area contributed by atoms with E-state index in [1.807, 2.05) is 24.3 Å². The van der Waals surface area contributed by atoms with Crippen LogP contribution in [-0.2, 0) is 16.0 Å². The summed E-state index contributed by atoms with van der Waals surface area (Å²) < 4.78 is 10.7. The van der Waals surface area contributed by atoms with E-state index in [4.69, 9.17) is 9.47 Å². The van der Waals surface area contributed by atoms with Crippen molar-refractivity contribution in [3.05, 3.63) is 102 Å². The van der Waals surface area contributed by atoms with E-state index in [0.717, 1.165) is 0 Å². The van der Waals surface area contributed by atoms with Gasteiger partial charge in [0.2, 0.25) is 0 Å². The Hall–Kier alpha value is -4.92. The van der Waals surface area contributed by atoms with Crippen LogP contribution in [0.1, 0.15) is 16.7 Å². The van der Waals surface area contributed by atoms with Crippen molar-refractivity contribution < 1.29 is 24.2 Å². The summed E-state index contributed by atoms with van der Waals surface area (Å²) in [4.78, 5) is 24.0. The molecule has 0 radical (unpaired) electrons. The number of benzene rings is 3. The number of nitrogens with one attached hydrogen (secondary N) is 2. The molecular weight excluding hydrogens is 460 g/mol. The first-order valence-electron chi connectivity index (χ1n) is 11.0. The second-order valence-corrected chi connectivity index (χ2v) is 7.40. The number of hydrogen-bond donors (Lipinski definition) is 3. The summed E-state index contributed by atoms with van der Waals surface area (Å²) in [6, 6.07) is 21.2. The number of hydrogen-bond acceptors (Lipinski definition) is 7. The van der Waals surface area contributed by atoms with Crippen molar-refractivity contribution in [3.8, 4) is 17.2 Å². The van der Waals surface area contributed by atoms with Gasteiger partial charge in [-0.05, 0) is 53.9 Å². The highest BCUT2D eigenvalue weighted by atomic mass is 16.5. The number of rotatable bonds is 12. The van der Waals surface area contributed by atoms with Gasteiger partial charge in [0.25, 0.3) is 11.8 Å². The number of ether oxygens (including phenoxy) is 2. The van der Waals surface area contributed by atoms with Crippen LogP contribution in [0.3, 0.4) is 0 Å². The molecule has 3 rings (SSSR count). The normalized spacial score (nSPS) is 10.8. The Morgan fingerprint density at radius 1 is 0.833 bits per heavy atom. The molecule has 9 heteroatoms. The zero-order valence-corrected chi connectivity index (χ0v) is 19.5. The van der Waals surface area contributed by atoms with Crippen LogP contribution < -0.4 is 20.3 Å². The summed E-state index contributed by atoms with van der Waals surface area (Å²) in [6.07, 6.45) is 4.77. The Labute approximate surface area is 208 Å². The molecule has 0 aliphatic heterocycles. The molecule has 0 aliphatic carbocycles. The molecule has 36 heavy (non-hydrogen) atoms. The van der Waals surface area contributed by atoms with E-state index in [1.165, 1.54) is 12.4 Å². The summed E-state index contributed by atoms with van der Waals surface area (Å²) in [5.74, 6) is 0.244. The fraction of sp³-hybridized carbons (Fsp3) is 0.111. The molecule has 0 unspecified atom stereocenters. The minimum atomic E-state index is -0.459. The van der Waals surface area contributed by atoms with E-state index in [-0.39, 0.29) is 19.0 Å². The topological polar surface area (TPSA) is 122 Å². The first kappa shape index (κ1) is 25.7. The standard InChI is InChI=1S/C27H26N4O5/c1-2-9-21-14-20(16-28-30-25(32)18-35-23-10-5-3-6-11-23)15-22(27(21)34)17-29-31-26(33)19-36-24-12-7-4-8-13-24/h2-8,10-17,34H,1,9,18-19H2,(H,30,32)(H,31,33). The third-order valence-corrected chi connectivity index (χ3v) is 4.63. The molecule has 3 aromatic carbocycles. The van der Waals surface area contributed by atoms with Gasteiger partial charge in [-0.2, -0.15) is 10.2 Å². The number of para-hydroxylation sites is 2. The molecule has 3 N–H and O–H groups in total. The number of phenolic OH excluding ortho intramolecular Hbond substituents is 1. The highest BCUT2D eigenvalue weighted by Gasteiger charge is 2.08. The van der Waals surface area contributed by atoms with E-state index in [9.17, 15) is 14.7 Å². The molecule has 9 nitrogen and oxygen atoms in total. The van der Waals surface area contributed by atoms with Gasteiger partial charge in [-0.25, -0.2) is 10.9 Å². The van der Waals surface area contributed by atoms with E-state index >= 15 is 0 Å². The highest BCUT2D eigenvalue weighted by Crippen LogP contribution is 2.24. The minimum Gasteiger partial charge on any atom is -0.507 e. The molecule has 0 saturated carbocycles. The maximum atomic E-state index is 12.0. The zero-order chi connectivity index (χ0) is 25.6. The second-order valence-electron chi connectivity index (χ2n) is 7.40. The first-order chi connectivity index (χ1) is 17.5. The number of allylic oxidation sites excluding steroid dienone is 1. The zero-order valence-electron chi connectivity index (χ0n) is 19.5. The number of carbonyl (C=O) groups excluding carboxylic acids is 2. The summed E-state index contributed by atoms with van der Waals surface area (Å²) >= 11 is 0. The van der Waals surface area contributed by atoms with Gasteiger partial charge >= 0.3 is 0 Å². The molecule has 3 aromatic rings. The smallest absolute Gasteiger partial charge is 0.277 e. The molecular formula is C27H26N4O5. The van der Waals surface area contributed by atoms with Crippen molar-refractivity contribution in [3.63, 3.8) is 0 Å². The predicted molar refractivity (Wildman–Crippen MR) is 137 cm³/mol. The van der Waals surface area contributed by atoms with E-state index < -0.39 is 11.8 Å². The van der Waals surface area contributed by atoms with Crippen molar-refractivity contribution in [2.24, 2.45) is 10.2 Å². The lowest BCUT2D eigenvalue weighted by atomic mass is 10.0. The van der Waals surface area contributed by atoms with Crippen LogP contribution in [-0.4, -0.2) is 42.6 Å².